The Kier molecular flexibility index (Phi) is 4.85. The topological polar surface area (TPSA) is 69.6 Å². The molecule has 0 aromatic carbocycles. The van der Waals surface area contributed by atoms with Gasteiger partial charge in [-0.2, -0.15) is 0 Å². The first-order chi connectivity index (χ1) is 5.45. The van der Waals surface area contributed by atoms with Gasteiger partial charge in [0.1, 0.15) is 6.04 Å². The first kappa shape index (κ1) is 11.4. The van der Waals surface area contributed by atoms with Crippen molar-refractivity contribution in [1.82, 2.24) is 5.32 Å². The molecule has 0 heterocycles. The molecule has 3 N–H and O–H groups in total. The van der Waals surface area contributed by atoms with Crippen molar-refractivity contribution in [2.24, 2.45) is 5.92 Å². The van der Waals surface area contributed by atoms with Gasteiger partial charge in [-0.25, -0.2) is 0 Å². The number of aliphatic carboxylic acids is 1. The highest BCUT2D eigenvalue weighted by atomic mass is 16.4. The van der Waals surface area contributed by atoms with Crippen molar-refractivity contribution in [1.29, 1.82) is 0 Å². The minimum Gasteiger partial charge on any atom is -0.480 e. The number of carboxylic acids is 1. The lowest BCUT2D eigenvalue weighted by atomic mass is 10.0. The third-order valence-electron chi connectivity index (χ3n) is 1.57. The fourth-order valence-corrected chi connectivity index (χ4v) is 0.906. The number of hydrogen-bond acceptors (Lipinski definition) is 3. The van der Waals surface area contributed by atoms with E-state index < -0.39 is 18.1 Å². The van der Waals surface area contributed by atoms with Crippen molar-refractivity contribution in [2.45, 2.75) is 32.9 Å². The van der Waals surface area contributed by atoms with Crippen LogP contribution >= 0.6 is 0 Å². The Morgan fingerprint density at radius 2 is 1.92 bits per heavy atom. The molecule has 0 aliphatic carbocycles. The molecule has 0 amide bonds. The van der Waals surface area contributed by atoms with Gasteiger partial charge in [-0.05, 0) is 12.8 Å². The highest BCUT2D eigenvalue weighted by Crippen LogP contribution is 2.01. The lowest BCUT2D eigenvalue weighted by molar-refractivity contribution is -0.140. The Labute approximate surface area is 72.6 Å². The zero-order valence-corrected chi connectivity index (χ0v) is 7.74. The third kappa shape index (κ3) is 4.31. The van der Waals surface area contributed by atoms with Crippen LogP contribution in [0, 0.1) is 5.92 Å². The smallest absolute Gasteiger partial charge is 0.320 e. The highest BCUT2D eigenvalue weighted by Gasteiger charge is 2.20. The van der Waals surface area contributed by atoms with E-state index in [0.29, 0.717) is 6.54 Å². The molecule has 0 rings (SSSR count). The van der Waals surface area contributed by atoms with Gasteiger partial charge >= 0.3 is 5.97 Å². The molecule has 0 bridgehead atoms. The summed E-state index contributed by atoms with van der Waals surface area (Å²) in [5.41, 5.74) is 0. The summed E-state index contributed by atoms with van der Waals surface area (Å²) in [4.78, 5) is 10.6. The van der Waals surface area contributed by atoms with Gasteiger partial charge in [0.15, 0.2) is 0 Å². The second-order valence-electron chi connectivity index (χ2n) is 3.32. The predicted octanol–water partition coefficient (Wildman–Crippen LogP) is 0.0660. The van der Waals surface area contributed by atoms with Crippen LogP contribution < -0.4 is 5.32 Å². The van der Waals surface area contributed by atoms with E-state index in [9.17, 15) is 4.79 Å². The molecule has 12 heavy (non-hydrogen) atoms. The first-order valence-corrected chi connectivity index (χ1v) is 4.09. The number of rotatable bonds is 5. The molecular formula is C8H17NO3. The number of nitrogens with one attached hydrogen (secondary N) is 1. The van der Waals surface area contributed by atoms with E-state index >= 15 is 0 Å². The summed E-state index contributed by atoms with van der Waals surface area (Å²) in [6.45, 7) is 5.59. The number of carboxylic acid groups (broad SMARTS) is 1. The van der Waals surface area contributed by atoms with Crippen LogP contribution in [0.25, 0.3) is 0 Å². The maximum atomic E-state index is 10.6. The second kappa shape index (κ2) is 5.11. The van der Waals surface area contributed by atoms with E-state index in [2.05, 4.69) is 5.32 Å². The fourth-order valence-electron chi connectivity index (χ4n) is 0.906. The summed E-state index contributed by atoms with van der Waals surface area (Å²) in [5, 5.41) is 20.4. The largest absolute Gasteiger partial charge is 0.480 e. The summed E-state index contributed by atoms with van der Waals surface area (Å²) in [5.74, 6) is -0.841. The molecule has 0 radical (unpaired) electrons. The molecule has 0 aliphatic rings. The van der Waals surface area contributed by atoms with E-state index in [1.165, 1.54) is 0 Å². The molecule has 0 saturated carbocycles. The van der Waals surface area contributed by atoms with Crippen LogP contribution in [0.3, 0.4) is 0 Å². The number of aliphatic hydroxyl groups excluding tert-OH is 1. The van der Waals surface area contributed by atoms with Gasteiger partial charge in [0.2, 0.25) is 0 Å². The van der Waals surface area contributed by atoms with Crippen LogP contribution in [-0.4, -0.2) is 34.9 Å². The number of aliphatic hydroxyl groups is 1. The van der Waals surface area contributed by atoms with E-state index in [1.807, 2.05) is 13.8 Å². The van der Waals surface area contributed by atoms with Crippen LogP contribution in [0.1, 0.15) is 20.8 Å². The van der Waals surface area contributed by atoms with Crippen molar-refractivity contribution in [3.63, 3.8) is 0 Å². The minimum absolute atomic E-state index is 0.0289. The Hall–Kier alpha value is -0.610. The average Bonchev–Trinajstić information content (AvgIpc) is 1.84. The van der Waals surface area contributed by atoms with Crippen LogP contribution in [0.2, 0.25) is 0 Å². The van der Waals surface area contributed by atoms with E-state index in [4.69, 9.17) is 10.2 Å². The minimum atomic E-state index is -0.870. The van der Waals surface area contributed by atoms with Crippen LogP contribution in [-0.2, 0) is 4.79 Å². The molecule has 0 aliphatic heterocycles. The van der Waals surface area contributed by atoms with Crippen molar-refractivity contribution in [3.8, 4) is 0 Å². The molecule has 4 nitrogen and oxygen atoms in total. The summed E-state index contributed by atoms with van der Waals surface area (Å²) < 4.78 is 0. The third-order valence-corrected chi connectivity index (χ3v) is 1.57. The summed E-state index contributed by atoms with van der Waals surface area (Å²) in [6, 6.07) is -0.570. The summed E-state index contributed by atoms with van der Waals surface area (Å²) in [6.07, 6.45) is -0.509. The zero-order valence-electron chi connectivity index (χ0n) is 7.74. The maximum absolute atomic E-state index is 10.6. The fraction of sp³-hybridized carbons (Fsp3) is 0.875. The van der Waals surface area contributed by atoms with Gasteiger partial charge in [-0.3, -0.25) is 4.79 Å². The van der Waals surface area contributed by atoms with Crippen molar-refractivity contribution >= 4 is 5.97 Å². The Balaban J connectivity index is 3.88. The van der Waals surface area contributed by atoms with E-state index in [0.717, 1.165) is 0 Å². The van der Waals surface area contributed by atoms with Crippen LogP contribution in [0.5, 0.6) is 0 Å². The molecule has 72 valence electrons. The van der Waals surface area contributed by atoms with Gasteiger partial charge in [0, 0.05) is 6.54 Å². The average molecular weight is 175 g/mol. The van der Waals surface area contributed by atoms with Gasteiger partial charge in [0.05, 0.1) is 6.10 Å². The summed E-state index contributed by atoms with van der Waals surface area (Å²) >= 11 is 0. The van der Waals surface area contributed by atoms with Gasteiger partial charge in [0.25, 0.3) is 0 Å². The molecule has 2 atom stereocenters. The van der Waals surface area contributed by atoms with Crippen LogP contribution in [0.15, 0.2) is 0 Å². The van der Waals surface area contributed by atoms with E-state index in [-0.39, 0.29) is 5.92 Å². The molecule has 1 unspecified atom stereocenters. The molecule has 4 heteroatoms. The van der Waals surface area contributed by atoms with E-state index in [1.54, 1.807) is 6.92 Å². The molecule has 0 saturated heterocycles. The Morgan fingerprint density at radius 3 is 2.17 bits per heavy atom. The normalized spacial score (nSPS) is 16.1. The maximum Gasteiger partial charge on any atom is 0.320 e. The Morgan fingerprint density at radius 1 is 1.42 bits per heavy atom. The lowest BCUT2D eigenvalue weighted by Crippen LogP contribution is -2.43. The van der Waals surface area contributed by atoms with Gasteiger partial charge in [-0.1, -0.05) is 13.8 Å². The molecule has 0 aromatic rings. The Bertz CT molecular complexity index is 145. The SMILES string of the molecule is CC(C)C(NC[C@H](C)O)C(=O)O. The van der Waals surface area contributed by atoms with Crippen molar-refractivity contribution < 1.29 is 15.0 Å². The van der Waals surface area contributed by atoms with Crippen molar-refractivity contribution in [3.05, 3.63) is 0 Å². The quantitative estimate of drug-likeness (QED) is 0.553. The zero-order chi connectivity index (χ0) is 9.72. The standard InChI is InChI=1S/C8H17NO3/c1-5(2)7(8(11)12)9-4-6(3)10/h5-7,9-10H,4H2,1-3H3,(H,11,12)/t6-,7?/m0/s1. The lowest BCUT2D eigenvalue weighted by Gasteiger charge is -2.18. The highest BCUT2D eigenvalue weighted by molar-refractivity contribution is 5.73. The molecule has 0 fully saturated rings. The van der Waals surface area contributed by atoms with Crippen molar-refractivity contribution in [2.75, 3.05) is 6.54 Å². The molecule has 0 aromatic heterocycles. The summed E-state index contributed by atoms with van der Waals surface area (Å²) in [7, 11) is 0. The van der Waals surface area contributed by atoms with Gasteiger partial charge in [-0.15, -0.1) is 0 Å². The second-order valence-corrected chi connectivity index (χ2v) is 3.32. The number of carbonyl (C=O) groups is 1. The number of hydrogen-bond donors (Lipinski definition) is 3. The first-order valence-electron chi connectivity index (χ1n) is 4.09. The van der Waals surface area contributed by atoms with Gasteiger partial charge < -0.3 is 15.5 Å². The van der Waals surface area contributed by atoms with Crippen LogP contribution in [0.4, 0.5) is 0 Å². The monoisotopic (exact) mass is 175 g/mol. The molecule has 0 spiro atoms. The molecular weight excluding hydrogens is 158 g/mol. The predicted molar refractivity (Wildman–Crippen MR) is 45.9 cm³/mol.